The Balaban J connectivity index is 2.15. The minimum Gasteiger partial charge on any atom is -0.494 e. The van der Waals surface area contributed by atoms with E-state index in [4.69, 9.17) is 16.3 Å². The van der Waals surface area contributed by atoms with Crippen LogP contribution < -0.4 is 4.74 Å². The highest BCUT2D eigenvalue weighted by Crippen LogP contribution is 2.15. The lowest BCUT2D eigenvalue weighted by molar-refractivity contribution is -0.117. The first-order chi connectivity index (χ1) is 7.18. The van der Waals surface area contributed by atoms with Gasteiger partial charge in [0.25, 0.3) is 0 Å². The van der Waals surface area contributed by atoms with Crippen molar-refractivity contribution in [2.24, 2.45) is 0 Å². The molecular weight excluding hydrogens is 212 g/mol. The van der Waals surface area contributed by atoms with Gasteiger partial charge < -0.3 is 9.53 Å². The summed E-state index contributed by atoms with van der Waals surface area (Å²) in [6, 6.07) is 7.28. The maximum atomic E-state index is 10.7. The molecule has 0 heterocycles. The van der Waals surface area contributed by atoms with Crippen LogP contribution in [0.25, 0.3) is 0 Å². The van der Waals surface area contributed by atoms with Gasteiger partial charge in [0, 0.05) is 11.4 Å². The van der Waals surface area contributed by atoms with Crippen LogP contribution in [0.1, 0.15) is 26.2 Å². The van der Waals surface area contributed by atoms with Crippen LogP contribution in [0.4, 0.5) is 0 Å². The van der Waals surface area contributed by atoms with E-state index in [0.29, 0.717) is 18.1 Å². The van der Waals surface area contributed by atoms with Gasteiger partial charge in [0.1, 0.15) is 11.5 Å². The van der Waals surface area contributed by atoms with E-state index in [2.05, 4.69) is 0 Å². The Labute approximate surface area is 95.2 Å². The predicted octanol–water partition coefficient (Wildman–Crippen LogP) is 3.48. The molecule has 3 heteroatoms. The van der Waals surface area contributed by atoms with Crippen LogP contribution in [0.3, 0.4) is 0 Å². The van der Waals surface area contributed by atoms with Crippen LogP contribution >= 0.6 is 11.6 Å². The smallest absolute Gasteiger partial charge is 0.129 e. The molecule has 2 nitrogen and oxygen atoms in total. The number of carbonyl (C=O) groups is 1. The number of ketones is 1. The number of benzene rings is 1. The molecule has 0 saturated carbocycles. The third kappa shape index (κ3) is 5.43. The van der Waals surface area contributed by atoms with Crippen molar-refractivity contribution in [1.82, 2.24) is 0 Å². The van der Waals surface area contributed by atoms with E-state index in [1.807, 2.05) is 12.1 Å². The van der Waals surface area contributed by atoms with Crippen molar-refractivity contribution < 1.29 is 9.53 Å². The van der Waals surface area contributed by atoms with E-state index >= 15 is 0 Å². The molecule has 0 atom stereocenters. The molecule has 0 aliphatic heterocycles. The highest BCUT2D eigenvalue weighted by molar-refractivity contribution is 6.30. The number of ether oxygens (including phenoxy) is 1. The van der Waals surface area contributed by atoms with E-state index in [9.17, 15) is 4.79 Å². The second-order valence-corrected chi connectivity index (χ2v) is 3.90. The van der Waals surface area contributed by atoms with Crippen molar-refractivity contribution in [3.8, 4) is 5.75 Å². The summed E-state index contributed by atoms with van der Waals surface area (Å²) in [6.07, 6.45) is 2.44. The van der Waals surface area contributed by atoms with Gasteiger partial charge in [-0.25, -0.2) is 0 Å². The molecule has 0 aromatic heterocycles. The van der Waals surface area contributed by atoms with Gasteiger partial charge in [0.2, 0.25) is 0 Å². The van der Waals surface area contributed by atoms with E-state index in [1.165, 1.54) is 0 Å². The molecule has 0 amide bonds. The maximum absolute atomic E-state index is 10.7. The van der Waals surface area contributed by atoms with Crippen LogP contribution in [0.5, 0.6) is 5.75 Å². The van der Waals surface area contributed by atoms with E-state index in [-0.39, 0.29) is 5.78 Å². The number of unbranched alkanes of at least 4 members (excludes halogenated alkanes) is 1. The zero-order valence-electron chi connectivity index (χ0n) is 8.83. The molecule has 0 saturated heterocycles. The van der Waals surface area contributed by atoms with Crippen LogP contribution in [0.2, 0.25) is 5.02 Å². The summed E-state index contributed by atoms with van der Waals surface area (Å²) in [5.74, 6) is 1.06. The van der Waals surface area contributed by atoms with Crippen molar-refractivity contribution in [1.29, 1.82) is 0 Å². The molecule has 0 radical (unpaired) electrons. The average molecular weight is 227 g/mol. The standard InChI is InChI=1S/C12H15ClO2/c1-10(14)4-2-3-9-15-12-7-5-11(13)6-8-12/h5-8H,2-4,9H2,1H3. The third-order valence-corrected chi connectivity index (χ3v) is 2.26. The first-order valence-corrected chi connectivity index (χ1v) is 5.44. The molecule has 0 fully saturated rings. The number of hydrogen-bond donors (Lipinski definition) is 0. The minimum absolute atomic E-state index is 0.237. The Bertz CT molecular complexity index is 306. The summed E-state index contributed by atoms with van der Waals surface area (Å²) >= 11 is 5.74. The topological polar surface area (TPSA) is 26.3 Å². The zero-order chi connectivity index (χ0) is 11.1. The van der Waals surface area contributed by atoms with Gasteiger partial charge >= 0.3 is 0 Å². The molecule has 0 unspecified atom stereocenters. The van der Waals surface area contributed by atoms with Gasteiger partial charge in [-0.3, -0.25) is 0 Å². The summed E-state index contributed by atoms with van der Waals surface area (Å²) in [7, 11) is 0. The Morgan fingerprint density at radius 3 is 2.53 bits per heavy atom. The van der Waals surface area contributed by atoms with Crippen molar-refractivity contribution in [2.75, 3.05) is 6.61 Å². The highest BCUT2D eigenvalue weighted by Gasteiger charge is 1.96. The van der Waals surface area contributed by atoms with Gasteiger partial charge in [0.15, 0.2) is 0 Å². The Morgan fingerprint density at radius 1 is 1.27 bits per heavy atom. The summed E-state index contributed by atoms with van der Waals surface area (Å²) < 4.78 is 5.47. The largest absolute Gasteiger partial charge is 0.494 e. The van der Waals surface area contributed by atoms with Crippen LogP contribution in [-0.4, -0.2) is 12.4 Å². The molecular formula is C12H15ClO2. The first kappa shape index (κ1) is 12.1. The number of rotatable bonds is 6. The molecule has 0 aliphatic carbocycles. The fraction of sp³-hybridized carbons (Fsp3) is 0.417. The lowest BCUT2D eigenvalue weighted by atomic mass is 10.2. The fourth-order valence-corrected chi connectivity index (χ4v) is 1.32. The second kappa shape index (κ2) is 6.46. The van der Waals surface area contributed by atoms with Gasteiger partial charge in [-0.15, -0.1) is 0 Å². The van der Waals surface area contributed by atoms with Crippen LogP contribution in [-0.2, 0) is 4.79 Å². The Hall–Kier alpha value is -1.02. The van der Waals surface area contributed by atoms with E-state index < -0.39 is 0 Å². The molecule has 0 spiro atoms. The summed E-state index contributed by atoms with van der Waals surface area (Å²) in [5.41, 5.74) is 0. The fourth-order valence-electron chi connectivity index (χ4n) is 1.20. The normalized spacial score (nSPS) is 10.0. The minimum atomic E-state index is 0.237. The number of Topliss-reactive ketones (excluding diaryl/α,β-unsaturated/α-hetero) is 1. The number of hydrogen-bond acceptors (Lipinski definition) is 2. The van der Waals surface area contributed by atoms with Gasteiger partial charge in [-0.2, -0.15) is 0 Å². The molecule has 1 aromatic carbocycles. The lowest BCUT2D eigenvalue weighted by Gasteiger charge is -2.05. The van der Waals surface area contributed by atoms with Crippen LogP contribution in [0, 0.1) is 0 Å². The SMILES string of the molecule is CC(=O)CCCCOc1ccc(Cl)cc1. The zero-order valence-corrected chi connectivity index (χ0v) is 9.59. The van der Waals surface area contributed by atoms with E-state index in [1.54, 1.807) is 19.1 Å². The molecule has 0 N–H and O–H groups in total. The van der Waals surface area contributed by atoms with E-state index in [0.717, 1.165) is 18.6 Å². The van der Waals surface area contributed by atoms with Gasteiger partial charge in [0.05, 0.1) is 6.61 Å². The molecule has 15 heavy (non-hydrogen) atoms. The van der Waals surface area contributed by atoms with Crippen molar-refractivity contribution in [2.45, 2.75) is 26.2 Å². The summed E-state index contributed by atoms with van der Waals surface area (Å²) in [4.78, 5) is 10.7. The molecule has 1 aromatic rings. The summed E-state index contributed by atoms with van der Waals surface area (Å²) in [5, 5.41) is 0.707. The lowest BCUT2D eigenvalue weighted by Crippen LogP contribution is -1.98. The predicted molar refractivity (Wildman–Crippen MR) is 61.5 cm³/mol. The Kier molecular flexibility index (Phi) is 5.19. The number of carbonyl (C=O) groups excluding carboxylic acids is 1. The molecule has 1 rings (SSSR count). The van der Waals surface area contributed by atoms with Gasteiger partial charge in [-0.1, -0.05) is 11.6 Å². The molecule has 0 bridgehead atoms. The van der Waals surface area contributed by atoms with Crippen molar-refractivity contribution in [3.63, 3.8) is 0 Å². The second-order valence-electron chi connectivity index (χ2n) is 3.46. The molecule has 82 valence electrons. The van der Waals surface area contributed by atoms with Gasteiger partial charge in [-0.05, 0) is 44.0 Å². The average Bonchev–Trinajstić information content (AvgIpc) is 2.20. The molecule has 0 aliphatic rings. The maximum Gasteiger partial charge on any atom is 0.129 e. The van der Waals surface area contributed by atoms with Crippen molar-refractivity contribution in [3.05, 3.63) is 29.3 Å². The first-order valence-electron chi connectivity index (χ1n) is 5.06. The quantitative estimate of drug-likeness (QED) is 0.695. The van der Waals surface area contributed by atoms with Crippen molar-refractivity contribution >= 4 is 17.4 Å². The third-order valence-electron chi connectivity index (χ3n) is 2.01. The highest BCUT2D eigenvalue weighted by atomic mass is 35.5. The Morgan fingerprint density at radius 2 is 1.93 bits per heavy atom. The summed E-state index contributed by atoms with van der Waals surface area (Å²) in [6.45, 7) is 2.26. The van der Waals surface area contributed by atoms with Crippen LogP contribution in [0.15, 0.2) is 24.3 Å². The monoisotopic (exact) mass is 226 g/mol. The number of halogens is 1.